The van der Waals surface area contributed by atoms with Crippen LogP contribution >= 0.6 is 11.6 Å². The Hall–Kier alpha value is -3.76. The number of aryl methyl sites for hydroxylation is 1. The van der Waals surface area contributed by atoms with Gasteiger partial charge in [-0.3, -0.25) is 25.5 Å². The van der Waals surface area contributed by atoms with Gasteiger partial charge in [-0.2, -0.15) is 0 Å². The predicted octanol–water partition coefficient (Wildman–Crippen LogP) is 2.00. The van der Waals surface area contributed by atoms with Gasteiger partial charge in [0.1, 0.15) is 17.5 Å². The zero-order valence-corrected chi connectivity index (χ0v) is 17.6. The van der Waals surface area contributed by atoms with Crippen molar-refractivity contribution in [3.63, 3.8) is 0 Å². The highest BCUT2D eigenvalue weighted by atomic mass is 35.5. The van der Waals surface area contributed by atoms with Gasteiger partial charge in [0.05, 0.1) is 28.2 Å². The molecule has 7 N–H and O–H groups in total. The lowest BCUT2D eigenvalue weighted by Gasteiger charge is -2.18. The first-order valence-electron chi connectivity index (χ1n) is 9.16. The van der Waals surface area contributed by atoms with Gasteiger partial charge in [-0.1, -0.05) is 23.7 Å². The Labute approximate surface area is 182 Å². The summed E-state index contributed by atoms with van der Waals surface area (Å²) in [6, 6.07) is 8.57. The molecule has 3 aromatic rings. The van der Waals surface area contributed by atoms with Crippen LogP contribution in [0.15, 0.2) is 52.7 Å². The number of para-hydroxylation sites is 1. The molecule has 0 saturated heterocycles. The van der Waals surface area contributed by atoms with Crippen molar-refractivity contribution in [2.24, 2.45) is 5.73 Å². The van der Waals surface area contributed by atoms with Gasteiger partial charge in [-0.25, -0.2) is 9.97 Å². The molecule has 0 unspecified atom stereocenters. The molecule has 0 radical (unpaired) electrons. The van der Waals surface area contributed by atoms with E-state index in [0.717, 1.165) is 5.56 Å². The molecule has 0 saturated carbocycles. The number of aromatic nitrogens is 3. The van der Waals surface area contributed by atoms with Crippen molar-refractivity contribution in [2.75, 3.05) is 0 Å². The zero-order valence-electron chi connectivity index (χ0n) is 16.8. The van der Waals surface area contributed by atoms with Crippen molar-refractivity contribution in [1.82, 2.24) is 25.3 Å². The molecule has 0 aliphatic rings. The number of benzene rings is 1. The minimum Gasteiger partial charge on any atom is -0.384 e. The normalized spacial score (nSPS) is 11.7. The van der Waals surface area contributed by atoms with Crippen molar-refractivity contribution in [3.8, 4) is 5.69 Å². The van der Waals surface area contributed by atoms with Crippen molar-refractivity contribution in [1.29, 1.82) is 10.8 Å². The molecular formula is C20H21ClN8O2. The molecule has 160 valence electrons. The smallest absolute Gasteiger partial charge is 0.267 e. The second-order valence-electron chi connectivity index (χ2n) is 6.70. The van der Waals surface area contributed by atoms with Crippen LogP contribution in [0.2, 0.25) is 5.02 Å². The molecule has 31 heavy (non-hydrogen) atoms. The fraction of sp³-hybridized carbons (Fsp3) is 0.150. The topological polar surface area (TPSA) is 166 Å². The van der Waals surface area contributed by atoms with E-state index in [4.69, 9.17) is 28.2 Å². The maximum atomic E-state index is 13.4. The zero-order chi connectivity index (χ0) is 22.7. The highest BCUT2D eigenvalue weighted by molar-refractivity contribution is 6.32. The van der Waals surface area contributed by atoms with E-state index in [1.165, 1.54) is 11.5 Å². The van der Waals surface area contributed by atoms with Gasteiger partial charge in [0.15, 0.2) is 5.65 Å². The monoisotopic (exact) mass is 440 g/mol. The first-order valence-corrected chi connectivity index (χ1v) is 9.54. The summed E-state index contributed by atoms with van der Waals surface area (Å²) in [6.07, 6.45) is 1.56. The fourth-order valence-electron chi connectivity index (χ4n) is 3.17. The average Bonchev–Trinajstić information content (AvgIpc) is 2.71. The Morgan fingerprint density at radius 2 is 2.00 bits per heavy atom. The Balaban J connectivity index is 2.22. The highest BCUT2D eigenvalue weighted by Gasteiger charge is 2.18. The van der Waals surface area contributed by atoms with Crippen LogP contribution in [-0.4, -0.2) is 31.3 Å². The molecule has 2 heterocycles. The maximum Gasteiger partial charge on any atom is 0.267 e. The van der Waals surface area contributed by atoms with Crippen molar-refractivity contribution in [2.45, 2.75) is 20.4 Å². The molecule has 0 aliphatic carbocycles. The summed E-state index contributed by atoms with van der Waals surface area (Å²) in [6.45, 7) is 3.15. The van der Waals surface area contributed by atoms with Crippen LogP contribution in [0.1, 0.15) is 18.3 Å². The van der Waals surface area contributed by atoms with Gasteiger partial charge in [-0.05, 0) is 37.6 Å². The van der Waals surface area contributed by atoms with Gasteiger partial charge < -0.3 is 16.5 Å². The van der Waals surface area contributed by atoms with Crippen LogP contribution in [-0.2, 0) is 6.54 Å². The third-order valence-electron chi connectivity index (χ3n) is 4.57. The minimum absolute atomic E-state index is 0.0242. The van der Waals surface area contributed by atoms with Crippen molar-refractivity contribution in [3.05, 3.63) is 74.7 Å². The number of pyridine rings is 1. The summed E-state index contributed by atoms with van der Waals surface area (Å²) in [4.78, 5) is 22.2. The van der Waals surface area contributed by atoms with Crippen LogP contribution in [0.5, 0.6) is 0 Å². The Kier molecular flexibility index (Phi) is 6.33. The number of hydroxylamine groups is 1. The quantitative estimate of drug-likeness (QED) is 0.185. The number of fused-ring (bicyclic) bond motifs is 1. The van der Waals surface area contributed by atoms with Gasteiger partial charge in [0.25, 0.3) is 5.56 Å². The molecule has 0 aliphatic heterocycles. The van der Waals surface area contributed by atoms with Gasteiger partial charge in [0.2, 0.25) is 0 Å². The van der Waals surface area contributed by atoms with Gasteiger partial charge in [0, 0.05) is 11.9 Å². The second-order valence-corrected chi connectivity index (χ2v) is 7.11. The molecule has 0 spiro atoms. The number of halogens is 1. The third-order valence-corrected chi connectivity index (χ3v) is 4.89. The minimum atomic E-state index is -0.413. The summed E-state index contributed by atoms with van der Waals surface area (Å²) >= 11 is 6.36. The molecule has 0 bridgehead atoms. The van der Waals surface area contributed by atoms with E-state index in [9.17, 15) is 10.0 Å². The number of rotatable bonds is 7. The number of amidine groups is 1. The molecule has 11 heteroatoms. The highest BCUT2D eigenvalue weighted by Crippen LogP contribution is 2.21. The van der Waals surface area contributed by atoms with Crippen LogP contribution < -0.4 is 22.1 Å². The number of nitrogens with two attached hydrogens (primary N) is 1. The van der Waals surface area contributed by atoms with Crippen molar-refractivity contribution >= 4 is 34.2 Å². The summed E-state index contributed by atoms with van der Waals surface area (Å²) in [5.74, 6) is -0.233. The van der Waals surface area contributed by atoms with Crippen LogP contribution in [0.25, 0.3) is 16.7 Å². The fourth-order valence-corrected chi connectivity index (χ4v) is 3.39. The lowest BCUT2D eigenvalue weighted by Crippen LogP contribution is -2.34. The summed E-state index contributed by atoms with van der Waals surface area (Å²) in [7, 11) is 0. The molecule has 0 atom stereocenters. The number of nitrogens with one attached hydrogen (secondary N) is 4. The predicted molar refractivity (Wildman–Crippen MR) is 119 cm³/mol. The van der Waals surface area contributed by atoms with E-state index in [1.807, 2.05) is 5.48 Å². The SMILES string of the molecule is CC(=N)/C(C(=N)N)=C(/NO)NCc1nc2nccc(C)c2c(=O)n1-c1ccccc1Cl. The van der Waals surface area contributed by atoms with Crippen LogP contribution in [0.4, 0.5) is 0 Å². The summed E-state index contributed by atoms with van der Waals surface area (Å²) in [5.41, 5.74) is 8.46. The van der Waals surface area contributed by atoms with E-state index in [0.29, 0.717) is 16.1 Å². The molecule has 10 nitrogen and oxygen atoms in total. The molecule has 2 aromatic heterocycles. The Bertz CT molecular complexity index is 1270. The summed E-state index contributed by atoms with van der Waals surface area (Å²) < 4.78 is 1.37. The van der Waals surface area contributed by atoms with Crippen LogP contribution in [0, 0.1) is 17.7 Å². The molecule has 3 rings (SSSR count). The number of hydrogen-bond donors (Lipinski definition) is 6. The van der Waals surface area contributed by atoms with Gasteiger partial charge in [-0.15, -0.1) is 0 Å². The lowest BCUT2D eigenvalue weighted by atomic mass is 10.1. The van der Waals surface area contributed by atoms with Crippen molar-refractivity contribution < 1.29 is 5.21 Å². The average molecular weight is 441 g/mol. The Morgan fingerprint density at radius 3 is 2.61 bits per heavy atom. The number of nitrogens with zero attached hydrogens (tertiary/aromatic N) is 3. The maximum absolute atomic E-state index is 13.4. The second kappa shape index (κ2) is 8.94. The summed E-state index contributed by atoms with van der Waals surface area (Å²) in [5, 5.41) is 28.5. The standard InChI is InChI=1S/C20H21ClN8O2/c1-10-7-8-25-18-15(10)20(30)29(13-6-4-3-5-12(13)21)14(27-18)9-26-19(28-31)16(11(2)22)17(23)24/h3-8,22,26,28,31H,9H2,1-2H3,(H3,23,24)/b19-16-,22-11?. The Morgan fingerprint density at radius 1 is 1.29 bits per heavy atom. The molecule has 0 amide bonds. The molecular weight excluding hydrogens is 420 g/mol. The van der Waals surface area contributed by atoms with E-state index in [-0.39, 0.29) is 40.7 Å². The van der Waals surface area contributed by atoms with E-state index >= 15 is 0 Å². The third kappa shape index (κ3) is 4.25. The molecule has 1 aromatic carbocycles. The van der Waals surface area contributed by atoms with Gasteiger partial charge >= 0.3 is 0 Å². The van der Waals surface area contributed by atoms with E-state index in [2.05, 4.69) is 15.3 Å². The lowest BCUT2D eigenvalue weighted by molar-refractivity contribution is 0.190. The largest absolute Gasteiger partial charge is 0.384 e. The van der Waals surface area contributed by atoms with E-state index < -0.39 is 5.84 Å². The van der Waals surface area contributed by atoms with E-state index in [1.54, 1.807) is 43.5 Å². The van der Waals surface area contributed by atoms with Crippen LogP contribution in [0.3, 0.4) is 0 Å². The molecule has 0 fully saturated rings. The first-order chi connectivity index (χ1) is 14.8. The first kappa shape index (κ1) is 21.9. The number of hydrogen-bond acceptors (Lipinski definition) is 8.